The van der Waals surface area contributed by atoms with Crippen molar-refractivity contribution in [2.24, 2.45) is 34.5 Å². The van der Waals surface area contributed by atoms with Gasteiger partial charge in [0.15, 0.2) is 0 Å². The van der Waals surface area contributed by atoms with E-state index in [0.717, 1.165) is 88.2 Å². The fourth-order valence-electron chi connectivity index (χ4n) is 12.4. The Bertz CT molecular complexity index is 1940. The third kappa shape index (κ3) is 7.20. The zero-order valence-electron chi connectivity index (χ0n) is 33.0. The van der Waals surface area contributed by atoms with Crippen LogP contribution < -0.4 is 14.2 Å². The number of hydrogen-bond donors (Lipinski definition) is 3. The zero-order chi connectivity index (χ0) is 39.1. The molecule has 6 aliphatic rings. The monoisotopic (exact) mass is 777 g/mol. The molecule has 7 unspecified atom stereocenters. The molecule has 6 aliphatic carbocycles. The van der Waals surface area contributed by atoms with Crippen molar-refractivity contribution in [3.63, 3.8) is 0 Å². The minimum absolute atomic E-state index is 0.0170. The fourth-order valence-corrected chi connectivity index (χ4v) is 13.5. The van der Waals surface area contributed by atoms with Gasteiger partial charge in [-0.1, -0.05) is 26.0 Å². The van der Waals surface area contributed by atoms with Crippen molar-refractivity contribution in [2.75, 3.05) is 5.75 Å². The molecule has 10 nitrogen and oxygen atoms in total. The number of alkyl carbamates (subject to hydrolysis) is 1. The van der Waals surface area contributed by atoms with Crippen molar-refractivity contribution in [3.05, 3.63) is 58.7 Å². The first kappa shape index (κ1) is 38.7. The number of carbonyl (C=O) groups is 2. The third-order valence-electron chi connectivity index (χ3n) is 15.1. The molecule has 1 amide bonds. The fraction of sp³-hybridized carbons (Fsp3) is 0.682. The molecule has 55 heavy (non-hydrogen) atoms. The second-order valence-corrected chi connectivity index (χ2v) is 20.9. The molecule has 0 aliphatic heterocycles. The first-order valence-corrected chi connectivity index (χ1v) is 22.3. The Labute approximate surface area is 326 Å². The summed E-state index contributed by atoms with van der Waals surface area (Å²) >= 11 is 0. The van der Waals surface area contributed by atoms with Crippen LogP contribution in [0.25, 0.3) is 0 Å². The van der Waals surface area contributed by atoms with Crippen LogP contribution in [0, 0.1) is 34.5 Å². The summed E-state index contributed by atoms with van der Waals surface area (Å²) in [6.45, 7) is 9.55. The lowest BCUT2D eigenvalue weighted by Crippen LogP contribution is -2.49. The molecule has 11 heteroatoms. The van der Waals surface area contributed by atoms with Crippen molar-refractivity contribution in [2.45, 2.75) is 147 Å². The van der Waals surface area contributed by atoms with Gasteiger partial charge in [0.2, 0.25) is 0 Å². The van der Waals surface area contributed by atoms with E-state index in [-0.39, 0.29) is 34.5 Å². The highest BCUT2D eigenvalue weighted by Gasteiger charge is 2.55. The topological polar surface area (TPSA) is 148 Å². The maximum absolute atomic E-state index is 13.7. The lowest BCUT2D eigenvalue weighted by molar-refractivity contribution is -0.136. The van der Waals surface area contributed by atoms with Gasteiger partial charge in [0, 0.05) is 0 Å². The minimum atomic E-state index is -4.40. The smallest absolute Gasteiger partial charge is 0.408 e. The molecule has 0 saturated heterocycles. The highest BCUT2D eigenvalue weighted by atomic mass is 32.2. The average Bonchev–Trinajstić information content (AvgIpc) is 3.59. The van der Waals surface area contributed by atoms with Gasteiger partial charge in [0.05, 0.1) is 12.2 Å². The van der Waals surface area contributed by atoms with Gasteiger partial charge in [0.25, 0.3) is 0 Å². The van der Waals surface area contributed by atoms with E-state index < -0.39 is 39.6 Å². The molecule has 2 aromatic rings. The predicted octanol–water partition coefficient (Wildman–Crippen LogP) is 7.33. The summed E-state index contributed by atoms with van der Waals surface area (Å²) in [4.78, 5) is 26.6. The zero-order valence-corrected chi connectivity index (χ0v) is 33.8. The minimum Gasteiger partial charge on any atom is -0.444 e. The van der Waals surface area contributed by atoms with Gasteiger partial charge in [-0.05, 0) is 191 Å². The lowest BCUT2D eigenvalue weighted by Gasteiger charge is -2.50. The normalized spacial score (nSPS) is 35.5. The first-order valence-electron chi connectivity index (χ1n) is 20.7. The van der Waals surface area contributed by atoms with Gasteiger partial charge >= 0.3 is 22.2 Å². The molecule has 0 bridgehead atoms. The van der Waals surface area contributed by atoms with E-state index in [1.165, 1.54) is 11.1 Å². The Balaban J connectivity index is 0.963. The quantitative estimate of drug-likeness (QED) is 0.149. The molecule has 4 fully saturated rings. The van der Waals surface area contributed by atoms with Crippen LogP contribution >= 0.6 is 0 Å². The lowest BCUT2D eigenvalue weighted by atomic mass is 9.55. The van der Waals surface area contributed by atoms with E-state index >= 15 is 0 Å². The van der Waals surface area contributed by atoms with Crippen molar-refractivity contribution >= 4 is 22.2 Å². The standard InChI is InChI=1S/C44H59NO9S/c1-42(2,3)53-41(49)45-37(40(48)52-27-8-12-29-25(22-27)6-10-33-31(29)18-20-43(4)35(33)14-16-38(43)46)24-55(50,51)54-28-9-13-30-26(23-28)7-11-34-32(30)19-21-44(5)36(34)15-17-39(44)47/h8-9,12-13,22-23,31-39,46-47H,6-7,10-11,14-21,24H2,1-5H3,(H,45,49)/t31?,32?,33?,34?,35?,36?,37?,38-,39-,43-,44-/m0/s1. The molecule has 0 aromatic heterocycles. The molecule has 3 N–H and O–H groups in total. The molecule has 0 spiro atoms. The molecule has 2 aromatic carbocycles. The molecule has 300 valence electrons. The number of esters is 1. The number of aliphatic hydroxyl groups excluding tert-OH is 2. The Morgan fingerprint density at radius 2 is 1.29 bits per heavy atom. The van der Waals surface area contributed by atoms with Crippen LogP contribution in [0.5, 0.6) is 11.5 Å². The van der Waals surface area contributed by atoms with Crippen LogP contribution in [-0.2, 0) is 32.5 Å². The summed E-state index contributed by atoms with van der Waals surface area (Å²) in [5.74, 6) is 1.45. The average molecular weight is 778 g/mol. The summed E-state index contributed by atoms with van der Waals surface area (Å²) in [6, 6.07) is 9.53. The number of rotatable bonds is 7. The van der Waals surface area contributed by atoms with E-state index in [2.05, 4.69) is 19.2 Å². The highest BCUT2D eigenvalue weighted by Crippen LogP contribution is 2.62. The van der Waals surface area contributed by atoms with Crippen molar-refractivity contribution in [1.82, 2.24) is 5.32 Å². The second-order valence-electron chi connectivity index (χ2n) is 19.3. The van der Waals surface area contributed by atoms with E-state index in [0.29, 0.717) is 35.5 Å². The van der Waals surface area contributed by atoms with E-state index in [9.17, 15) is 28.2 Å². The summed E-state index contributed by atoms with van der Waals surface area (Å²) in [5, 5.41) is 24.0. The number of nitrogens with one attached hydrogen (secondary N) is 1. The summed E-state index contributed by atoms with van der Waals surface area (Å²) in [5.41, 5.74) is 3.76. The van der Waals surface area contributed by atoms with Gasteiger partial charge in [0.1, 0.15) is 28.9 Å². The highest BCUT2D eigenvalue weighted by molar-refractivity contribution is 7.87. The van der Waals surface area contributed by atoms with Gasteiger partial charge in [-0.2, -0.15) is 8.42 Å². The number of hydrogen-bond acceptors (Lipinski definition) is 9. The number of carbonyl (C=O) groups excluding carboxylic acids is 2. The van der Waals surface area contributed by atoms with Crippen LogP contribution in [0.2, 0.25) is 0 Å². The molecular weight excluding hydrogens is 719 g/mol. The number of ether oxygens (including phenoxy) is 2. The van der Waals surface area contributed by atoms with Gasteiger partial charge in [-0.15, -0.1) is 0 Å². The van der Waals surface area contributed by atoms with E-state index in [4.69, 9.17) is 13.7 Å². The summed E-state index contributed by atoms with van der Waals surface area (Å²) < 4.78 is 44.0. The van der Waals surface area contributed by atoms with Crippen LogP contribution in [0.3, 0.4) is 0 Å². The van der Waals surface area contributed by atoms with Gasteiger partial charge in [-0.3, -0.25) is 0 Å². The molecule has 4 saturated carbocycles. The summed E-state index contributed by atoms with van der Waals surface area (Å²) in [6.07, 6.45) is 10.0. The molecular formula is C44H59NO9S. The third-order valence-corrected chi connectivity index (χ3v) is 16.3. The largest absolute Gasteiger partial charge is 0.444 e. The van der Waals surface area contributed by atoms with E-state index in [1.54, 1.807) is 39.0 Å². The number of fused-ring (bicyclic) bond motifs is 10. The van der Waals surface area contributed by atoms with Crippen LogP contribution in [0.1, 0.15) is 133 Å². The Kier molecular flexibility index (Phi) is 9.89. The van der Waals surface area contributed by atoms with Crippen LogP contribution in [0.15, 0.2) is 36.4 Å². The maximum Gasteiger partial charge on any atom is 0.408 e. The molecule has 11 atom stereocenters. The molecule has 8 rings (SSSR count). The number of aryl methyl sites for hydroxylation is 2. The first-order chi connectivity index (χ1) is 25.9. The van der Waals surface area contributed by atoms with Gasteiger partial charge < -0.3 is 29.2 Å². The number of aliphatic hydroxyl groups is 2. The van der Waals surface area contributed by atoms with Crippen molar-refractivity contribution < 1.29 is 41.9 Å². The Morgan fingerprint density at radius 1 is 0.782 bits per heavy atom. The number of amides is 1. The van der Waals surface area contributed by atoms with Crippen LogP contribution in [0.4, 0.5) is 4.79 Å². The molecule has 0 heterocycles. The Morgan fingerprint density at radius 3 is 1.82 bits per heavy atom. The van der Waals surface area contributed by atoms with Crippen molar-refractivity contribution in [3.8, 4) is 11.5 Å². The number of benzene rings is 2. The van der Waals surface area contributed by atoms with Crippen molar-refractivity contribution in [1.29, 1.82) is 0 Å². The van der Waals surface area contributed by atoms with Gasteiger partial charge in [-0.25, -0.2) is 9.59 Å². The van der Waals surface area contributed by atoms with Crippen LogP contribution in [-0.4, -0.2) is 60.3 Å². The summed E-state index contributed by atoms with van der Waals surface area (Å²) in [7, 11) is -4.40. The second kappa shape index (κ2) is 14.0. The Hall–Kier alpha value is -3.15. The van der Waals surface area contributed by atoms with E-state index in [1.807, 2.05) is 18.2 Å². The SMILES string of the molecule is CC(C)(C)OC(=O)NC(CS(=O)(=O)Oc1ccc2c(c1)CCC1C2CC[C@@]2(C)C1CC[C@@H]2O)C(=O)Oc1ccc2c(c1)CCC1C2CC[C@@]2(C)C1CC[C@@H]2O. The molecule has 0 radical (unpaired) electrons. The predicted molar refractivity (Wildman–Crippen MR) is 207 cm³/mol. The maximum atomic E-state index is 13.7.